The molecule has 0 aliphatic heterocycles. The maximum absolute atomic E-state index is 12.7. The summed E-state index contributed by atoms with van der Waals surface area (Å²) in [5.41, 5.74) is 0. The molecule has 62 heavy (non-hydrogen) atoms. The van der Waals surface area contributed by atoms with Crippen molar-refractivity contribution < 1.29 is 28.6 Å². The Morgan fingerprint density at radius 1 is 0.339 bits per heavy atom. The number of rotatable bonds is 39. The molecule has 0 amide bonds. The van der Waals surface area contributed by atoms with Crippen LogP contribution in [0.1, 0.15) is 156 Å². The van der Waals surface area contributed by atoms with Gasteiger partial charge in [-0.1, -0.05) is 217 Å². The maximum Gasteiger partial charge on any atom is 0.306 e. The van der Waals surface area contributed by atoms with Crippen LogP contribution in [0.25, 0.3) is 0 Å². The van der Waals surface area contributed by atoms with Crippen molar-refractivity contribution >= 4 is 17.9 Å². The second-order valence-corrected chi connectivity index (χ2v) is 14.9. The van der Waals surface area contributed by atoms with Crippen LogP contribution >= 0.6 is 0 Å². The molecule has 0 N–H and O–H groups in total. The number of esters is 3. The third-order valence-electron chi connectivity index (χ3n) is 9.06. The predicted molar refractivity (Wildman–Crippen MR) is 265 cm³/mol. The highest BCUT2D eigenvalue weighted by atomic mass is 16.6. The summed E-state index contributed by atoms with van der Waals surface area (Å²) in [4.78, 5) is 37.8. The fourth-order valence-electron chi connectivity index (χ4n) is 5.55. The summed E-state index contributed by atoms with van der Waals surface area (Å²) in [6, 6.07) is 0. The summed E-state index contributed by atoms with van der Waals surface area (Å²) in [6.07, 6.45) is 70.9. The van der Waals surface area contributed by atoms with E-state index in [0.717, 1.165) is 77.0 Å². The number of carbonyl (C=O) groups excluding carboxylic acids is 3. The number of hydrogen-bond donors (Lipinski definition) is 0. The van der Waals surface area contributed by atoms with Gasteiger partial charge in [-0.3, -0.25) is 14.4 Å². The van der Waals surface area contributed by atoms with Gasteiger partial charge in [0.1, 0.15) is 13.2 Å². The van der Waals surface area contributed by atoms with E-state index in [1.54, 1.807) is 0 Å². The topological polar surface area (TPSA) is 78.9 Å². The number of allylic oxidation sites excluding steroid dienone is 26. The first-order valence-electron chi connectivity index (χ1n) is 23.7. The van der Waals surface area contributed by atoms with E-state index in [2.05, 4.69) is 81.5 Å². The van der Waals surface area contributed by atoms with E-state index in [4.69, 9.17) is 14.2 Å². The summed E-state index contributed by atoms with van der Waals surface area (Å²) < 4.78 is 16.6. The molecule has 0 heterocycles. The van der Waals surface area contributed by atoms with Gasteiger partial charge in [0.15, 0.2) is 6.10 Å². The lowest BCUT2D eigenvalue weighted by molar-refractivity contribution is -0.167. The SMILES string of the molecule is CC\C=C/C=C\C=C/C=C\C=C/CCCC(=O)OC(COC(=O)CCCCC\C=C/C=C\C=C/C=C\CC)COC(=O)CCCCCCC\C=C/C=C\C=C/C=C\CCCCC. The quantitative estimate of drug-likeness (QED) is 0.0265. The molecule has 0 saturated carbocycles. The molecule has 1 unspecified atom stereocenters. The van der Waals surface area contributed by atoms with E-state index in [9.17, 15) is 14.4 Å². The fraction of sp³-hybridized carbons (Fsp3) is 0.482. The first-order valence-corrected chi connectivity index (χ1v) is 23.7. The van der Waals surface area contributed by atoms with Gasteiger partial charge in [0.25, 0.3) is 0 Å². The predicted octanol–water partition coefficient (Wildman–Crippen LogP) is 15.5. The second-order valence-electron chi connectivity index (χ2n) is 14.9. The highest BCUT2D eigenvalue weighted by Crippen LogP contribution is 2.11. The van der Waals surface area contributed by atoms with E-state index >= 15 is 0 Å². The third-order valence-corrected chi connectivity index (χ3v) is 9.06. The molecule has 0 rings (SSSR count). The highest BCUT2D eigenvalue weighted by Gasteiger charge is 2.19. The lowest BCUT2D eigenvalue weighted by Crippen LogP contribution is -2.30. The maximum atomic E-state index is 12.7. The smallest absolute Gasteiger partial charge is 0.306 e. The molecule has 6 nitrogen and oxygen atoms in total. The van der Waals surface area contributed by atoms with Crippen molar-refractivity contribution in [1.82, 2.24) is 0 Å². The van der Waals surface area contributed by atoms with Gasteiger partial charge in [-0.15, -0.1) is 0 Å². The monoisotopic (exact) mass is 851 g/mol. The Kier molecular flexibility index (Phi) is 44.8. The molecule has 0 bridgehead atoms. The molecule has 0 aromatic carbocycles. The highest BCUT2D eigenvalue weighted by molar-refractivity contribution is 5.71. The Hall–Kier alpha value is -4.97. The zero-order valence-electron chi connectivity index (χ0n) is 38.8. The van der Waals surface area contributed by atoms with Gasteiger partial charge < -0.3 is 14.2 Å². The van der Waals surface area contributed by atoms with E-state index in [1.807, 2.05) is 97.2 Å². The minimum atomic E-state index is -0.848. The van der Waals surface area contributed by atoms with E-state index in [-0.39, 0.29) is 38.0 Å². The minimum Gasteiger partial charge on any atom is -0.462 e. The van der Waals surface area contributed by atoms with E-state index < -0.39 is 12.1 Å². The average Bonchev–Trinajstić information content (AvgIpc) is 3.27. The van der Waals surface area contributed by atoms with E-state index in [0.29, 0.717) is 25.7 Å². The molecule has 0 aromatic heterocycles. The summed E-state index contributed by atoms with van der Waals surface area (Å²) in [5, 5.41) is 0. The summed E-state index contributed by atoms with van der Waals surface area (Å²) in [7, 11) is 0. The molecule has 0 fully saturated rings. The van der Waals surface area contributed by atoms with Gasteiger partial charge in [0, 0.05) is 19.3 Å². The number of hydrogen-bond acceptors (Lipinski definition) is 6. The molecule has 0 saturated heterocycles. The zero-order valence-corrected chi connectivity index (χ0v) is 38.8. The fourth-order valence-corrected chi connectivity index (χ4v) is 5.55. The van der Waals surface area contributed by atoms with Gasteiger partial charge >= 0.3 is 17.9 Å². The largest absolute Gasteiger partial charge is 0.462 e. The Balaban J connectivity index is 4.63. The standard InChI is InChI=1S/C56H82O6/c1-4-7-10-13-16-19-22-25-26-27-28-29-32-34-37-40-43-46-49-55(58)61-52-53(62-56(59)50-47-44-41-38-35-31-24-21-18-15-12-9-6-3)51-60-54(57)48-45-42-39-36-33-30-23-20-17-14-11-8-5-2/h8-9,11-12,14-31,33,35,38,41,53H,4-7,10,13,32,34,36-37,39-40,42-52H2,1-3H3/b11-8-,12-9-,17-14-,18-15-,19-16-,23-20-,24-21-,25-22-,27-26-,29-28-,33-30-,35-31-,41-38-. The van der Waals surface area contributed by atoms with Crippen LogP contribution in [0.3, 0.4) is 0 Å². The Bertz CT molecular complexity index is 1490. The Morgan fingerprint density at radius 2 is 0.645 bits per heavy atom. The van der Waals surface area contributed by atoms with Crippen molar-refractivity contribution in [2.24, 2.45) is 0 Å². The van der Waals surface area contributed by atoms with Gasteiger partial charge in [0.2, 0.25) is 0 Å². The van der Waals surface area contributed by atoms with Crippen LogP contribution in [0.5, 0.6) is 0 Å². The van der Waals surface area contributed by atoms with Gasteiger partial charge in [-0.2, -0.15) is 0 Å². The number of ether oxygens (including phenoxy) is 3. The van der Waals surface area contributed by atoms with Crippen LogP contribution < -0.4 is 0 Å². The second kappa shape index (κ2) is 48.7. The average molecular weight is 851 g/mol. The Morgan fingerprint density at radius 3 is 1.05 bits per heavy atom. The van der Waals surface area contributed by atoms with Crippen LogP contribution in [-0.4, -0.2) is 37.2 Å². The number of unbranched alkanes of at least 4 members (excludes halogenated alkanes) is 12. The summed E-state index contributed by atoms with van der Waals surface area (Å²) in [6.45, 7) is 6.15. The van der Waals surface area contributed by atoms with Gasteiger partial charge in [-0.25, -0.2) is 0 Å². The van der Waals surface area contributed by atoms with Gasteiger partial charge in [0.05, 0.1) is 0 Å². The van der Waals surface area contributed by atoms with Crippen molar-refractivity contribution in [3.63, 3.8) is 0 Å². The van der Waals surface area contributed by atoms with E-state index in [1.165, 1.54) is 19.3 Å². The molecule has 0 spiro atoms. The molecule has 342 valence electrons. The van der Waals surface area contributed by atoms with Crippen LogP contribution in [0, 0.1) is 0 Å². The van der Waals surface area contributed by atoms with Gasteiger partial charge in [-0.05, 0) is 77.0 Å². The van der Waals surface area contributed by atoms with Crippen molar-refractivity contribution in [1.29, 1.82) is 0 Å². The third kappa shape index (κ3) is 46.1. The molecule has 0 radical (unpaired) electrons. The summed E-state index contributed by atoms with van der Waals surface area (Å²) >= 11 is 0. The molecule has 1 atom stereocenters. The first-order chi connectivity index (χ1) is 30.5. The zero-order chi connectivity index (χ0) is 45.1. The number of carbonyl (C=O) groups is 3. The minimum absolute atomic E-state index is 0.140. The molecular formula is C56H82O6. The van der Waals surface area contributed by atoms with Crippen LogP contribution in [0.4, 0.5) is 0 Å². The first kappa shape index (κ1) is 57.0. The molecule has 0 aliphatic carbocycles. The lowest BCUT2D eigenvalue weighted by atomic mass is 10.1. The lowest BCUT2D eigenvalue weighted by Gasteiger charge is -2.18. The van der Waals surface area contributed by atoms with Crippen LogP contribution in [-0.2, 0) is 28.6 Å². The van der Waals surface area contributed by atoms with Crippen molar-refractivity contribution in [2.75, 3.05) is 13.2 Å². The van der Waals surface area contributed by atoms with Crippen LogP contribution in [0.15, 0.2) is 158 Å². The van der Waals surface area contributed by atoms with Crippen molar-refractivity contribution in [3.05, 3.63) is 158 Å². The van der Waals surface area contributed by atoms with Crippen LogP contribution in [0.2, 0.25) is 0 Å². The molecule has 0 aliphatic rings. The van der Waals surface area contributed by atoms with Crippen molar-refractivity contribution in [2.45, 2.75) is 162 Å². The summed E-state index contributed by atoms with van der Waals surface area (Å²) in [5.74, 6) is -1.10. The molecule has 6 heteroatoms. The molecule has 0 aromatic rings. The van der Waals surface area contributed by atoms with Crippen molar-refractivity contribution in [3.8, 4) is 0 Å². The molecular weight excluding hydrogens is 769 g/mol. The Labute approximate surface area is 378 Å². The normalized spacial score (nSPS) is 13.5.